The van der Waals surface area contributed by atoms with Crippen LogP contribution >= 0.6 is 0 Å². The van der Waals surface area contributed by atoms with Crippen LogP contribution in [0.5, 0.6) is 5.75 Å². The molecule has 1 aromatic carbocycles. The number of methoxy groups -OCH3 is 1. The molecule has 0 spiro atoms. The first kappa shape index (κ1) is 19.3. The van der Waals surface area contributed by atoms with Gasteiger partial charge in [-0.2, -0.15) is 4.80 Å². The summed E-state index contributed by atoms with van der Waals surface area (Å²) < 4.78 is 10.1. The van der Waals surface area contributed by atoms with E-state index in [0.29, 0.717) is 34.9 Å². The molecule has 1 N–H and O–H groups in total. The molecule has 0 atom stereocenters. The Morgan fingerprint density at radius 1 is 1.25 bits per heavy atom. The van der Waals surface area contributed by atoms with Gasteiger partial charge in [-0.25, -0.2) is 0 Å². The van der Waals surface area contributed by atoms with Gasteiger partial charge in [0.25, 0.3) is 0 Å². The molecule has 0 unspecified atom stereocenters. The van der Waals surface area contributed by atoms with E-state index in [2.05, 4.69) is 20.4 Å². The third-order valence-electron chi connectivity index (χ3n) is 4.27. The van der Waals surface area contributed by atoms with E-state index in [1.807, 2.05) is 13.8 Å². The summed E-state index contributed by atoms with van der Waals surface area (Å²) in [6.45, 7) is 5.46. The smallest absolute Gasteiger partial charge is 0.302 e. The number of tetrazole rings is 1. The maximum absolute atomic E-state index is 13.0. The Balaban J connectivity index is 1.87. The van der Waals surface area contributed by atoms with Gasteiger partial charge in [-0.3, -0.25) is 9.59 Å². The van der Waals surface area contributed by atoms with Crippen LogP contribution < -0.4 is 4.74 Å². The second-order valence-corrected chi connectivity index (χ2v) is 6.24. The zero-order chi connectivity index (χ0) is 20.3. The Hall–Kier alpha value is -3.49. The van der Waals surface area contributed by atoms with Gasteiger partial charge in [0.15, 0.2) is 5.78 Å². The van der Waals surface area contributed by atoms with E-state index >= 15 is 0 Å². The Kier molecular flexibility index (Phi) is 5.53. The quantitative estimate of drug-likeness (QED) is 0.491. The summed E-state index contributed by atoms with van der Waals surface area (Å²) in [5.74, 6) is 0.512. The van der Waals surface area contributed by atoms with Gasteiger partial charge < -0.3 is 14.5 Å². The van der Waals surface area contributed by atoms with E-state index in [9.17, 15) is 9.59 Å². The predicted octanol–water partition coefficient (Wildman–Crippen LogP) is 2.09. The van der Waals surface area contributed by atoms with Crippen LogP contribution in [0.25, 0.3) is 11.5 Å². The first-order chi connectivity index (χ1) is 13.4. The number of hydrogen-bond donors (Lipinski definition) is 1. The van der Waals surface area contributed by atoms with Crippen molar-refractivity contribution in [2.75, 3.05) is 13.7 Å². The highest BCUT2D eigenvalue weighted by Crippen LogP contribution is 2.27. The highest BCUT2D eigenvalue weighted by Gasteiger charge is 2.22. The van der Waals surface area contributed by atoms with Crippen molar-refractivity contribution in [1.82, 2.24) is 25.2 Å². The van der Waals surface area contributed by atoms with Crippen molar-refractivity contribution >= 4 is 11.8 Å². The van der Waals surface area contributed by atoms with Crippen molar-refractivity contribution in [3.05, 3.63) is 46.6 Å². The molecule has 3 aromatic rings. The highest BCUT2D eigenvalue weighted by atomic mass is 16.5. The summed E-state index contributed by atoms with van der Waals surface area (Å²) in [6.07, 6.45) is 0. The van der Waals surface area contributed by atoms with E-state index in [0.717, 1.165) is 11.3 Å². The number of aromatic amines is 1. The lowest BCUT2D eigenvalue weighted by Crippen LogP contribution is -2.11. The summed E-state index contributed by atoms with van der Waals surface area (Å²) in [5, 5.41) is 12.3. The van der Waals surface area contributed by atoms with Gasteiger partial charge in [-0.1, -0.05) is 12.1 Å². The Morgan fingerprint density at radius 2 is 2.04 bits per heavy atom. The topological polar surface area (TPSA) is 112 Å². The summed E-state index contributed by atoms with van der Waals surface area (Å²) in [7, 11) is 1.56. The third kappa shape index (κ3) is 3.93. The fourth-order valence-corrected chi connectivity index (χ4v) is 2.93. The van der Waals surface area contributed by atoms with Crippen LogP contribution in [0, 0.1) is 13.8 Å². The predicted molar refractivity (Wildman–Crippen MR) is 100 cm³/mol. The monoisotopic (exact) mass is 383 g/mol. The fraction of sp³-hybridized carbons (Fsp3) is 0.316. The lowest BCUT2D eigenvalue weighted by atomic mass is 9.99. The Bertz CT molecular complexity index is 1020. The average Bonchev–Trinajstić information content (AvgIpc) is 3.25. The molecule has 2 aromatic heterocycles. The number of ether oxygens (including phenoxy) is 2. The molecule has 0 saturated heterocycles. The van der Waals surface area contributed by atoms with Crippen LogP contribution in [0.3, 0.4) is 0 Å². The normalized spacial score (nSPS) is 10.7. The standard InChI is InChI=1S/C19H21N5O4/c1-11-16(18(26)14-6-5-7-15(10-14)27-4)12(2)20-17(11)19-21-23-24(22-19)8-9-28-13(3)25/h5-7,10,20H,8-9H2,1-4H3. The Labute approximate surface area is 161 Å². The molecule has 0 fully saturated rings. The van der Waals surface area contributed by atoms with Gasteiger partial charge in [-0.15, -0.1) is 10.2 Å². The number of esters is 1. The largest absolute Gasteiger partial charge is 0.497 e. The third-order valence-corrected chi connectivity index (χ3v) is 4.27. The van der Waals surface area contributed by atoms with Gasteiger partial charge in [0.05, 0.1) is 19.3 Å². The zero-order valence-corrected chi connectivity index (χ0v) is 16.1. The van der Waals surface area contributed by atoms with Crippen molar-refractivity contribution in [1.29, 1.82) is 0 Å². The van der Waals surface area contributed by atoms with Crippen molar-refractivity contribution in [2.24, 2.45) is 0 Å². The van der Waals surface area contributed by atoms with Crippen molar-refractivity contribution in [3.8, 4) is 17.3 Å². The number of rotatable bonds is 7. The van der Waals surface area contributed by atoms with Crippen LogP contribution in [0.4, 0.5) is 0 Å². The van der Waals surface area contributed by atoms with Crippen LogP contribution in [0.2, 0.25) is 0 Å². The number of H-pyrrole nitrogens is 1. The maximum Gasteiger partial charge on any atom is 0.302 e. The van der Waals surface area contributed by atoms with Crippen molar-refractivity contribution in [3.63, 3.8) is 0 Å². The summed E-state index contributed by atoms with van der Waals surface area (Å²) in [4.78, 5) is 28.4. The van der Waals surface area contributed by atoms with Gasteiger partial charge in [0.1, 0.15) is 12.4 Å². The van der Waals surface area contributed by atoms with Crippen LogP contribution in [0.1, 0.15) is 34.1 Å². The molecule has 0 amide bonds. The van der Waals surface area contributed by atoms with E-state index in [4.69, 9.17) is 9.47 Å². The molecule has 3 rings (SSSR count). The number of hydrogen-bond acceptors (Lipinski definition) is 7. The number of ketones is 1. The summed E-state index contributed by atoms with van der Waals surface area (Å²) in [6, 6.07) is 7.02. The molecule has 28 heavy (non-hydrogen) atoms. The minimum atomic E-state index is -0.364. The first-order valence-electron chi connectivity index (χ1n) is 8.70. The SMILES string of the molecule is COc1cccc(C(=O)c2c(C)[nH]c(-c3nnn(CCOC(C)=O)n3)c2C)c1. The summed E-state index contributed by atoms with van der Waals surface area (Å²) >= 11 is 0. The van der Waals surface area contributed by atoms with Gasteiger partial charge >= 0.3 is 5.97 Å². The number of nitrogens with zero attached hydrogens (tertiary/aromatic N) is 4. The molecule has 9 heteroatoms. The van der Waals surface area contributed by atoms with Crippen molar-refractivity contribution < 1.29 is 19.1 Å². The number of carbonyl (C=O) groups excluding carboxylic acids is 2. The maximum atomic E-state index is 13.0. The zero-order valence-electron chi connectivity index (χ0n) is 16.1. The number of nitrogens with one attached hydrogen (secondary N) is 1. The molecular weight excluding hydrogens is 362 g/mol. The van der Waals surface area contributed by atoms with Crippen LogP contribution in [-0.2, 0) is 16.1 Å². The van der Waals surface area contributed by atoms with E-state index in [1.165, 1.54) is 11.7 Å². The van der Waals surface area contributed by atoms with Crippen LogP contribution in [-0.4, -0.2) is 50.7 Å². The second kappa shape index (κ2) is 8.03. The molecule has 146 valence electrons. The molecule has 0 radical (unpaired) electrons. The first-order valence-corrected chi connectivity index (χ1v) is 8.70. The van der Waals surface area contributed by atoms with E-state index < -0.39 is 0 Å². The molecule has 9 nitrogen and oxygen atoms in total. The molecule has 0 aliphatic rings. The van der Waals surface area contributed by atoms with Gasteiger partial charge in [-0.05, 0) is 36.8 Å². The minimum absolute atomic E-state index is 0.112. The fourth-order valence-electron chi connectivity index (χ4n) is 2.93. The van der Waals surface area contributed by atoms with E-state index in [-0.39, 0.29) is 18.4 Å². The lowest BCUT2D eigenvalue weighted by Gasteiger charge is -2.05. The highest BCUT2D eigenvalue weighted by molar-refractivity contribution is 6.11. The molecular formula is C19H21N5O4. The number of aryl methyl sites for hydroxylation is 1. The molecule has 0 saturated carbocycles. The Morgan fingerprint density at radius 3 is 2.75 bits per heavy atom. The summed E-state index contributed by atoms with van der Waals surface area (Å²) in [5.41, 5.74) is 3.19. The number of carbonyl (C=O) groups is 2. The van der Waals surface area contributed by atoms with E-state index in [1.54, 1.807) is 31.4 Å². The minimum Gasteiger partial charge on any atom is -0.497 e. The van der Waals surface area contributed by atoms with Gasteiger partial charge in [0, 0.05) is 23.7 Å². The molecule has 0 aliphatic carbocycles. The van der Waals surface area contributed by atoms with Gasteiger partial charge in [0.2, 0.25) is 5.82 Å². The number of benzene rings is 1. The lowest BCUT2D eigenvalue weighted by molar-refractivity contribution is -0.141. The molecule has 2 heterocycles. The number of aromatic nitrogens is 5. The second-order valence-electron chi connectivity index (χ2n) is 6.24. The molecule has 0 aliphatic heterocycles. The van der Waals surface area contributed by atoms with Crippen LogP contribution in [0.15, 0.2) is 24.3 Å². The average molecular weight is 383 g/mol. The van der Waals surface area contributed by atoms with Crippen molar-refractivity contribution in [2.45, 2.75) is 27.3 Å². The molecule has 0 bridgehead atoms.